The molecule has 0 radical (unpaired) electrons. The minimum Gasteiger partial charge on any atom is -0.161 e. The van der Waals surface area contributed by atoms with Crippen molar-refractivity contribution >= 4 is 47.0 Å². The largest absolute Gasteiger partial charge is 0.161 e. The Kier molecular flexibility index (Phi) is 5.97. The third-order valence-electron chi connectivity index (χ3n) is 2.57. The molecule has 3 atom stereocenters. The van der Waals surface area contributed by atoms with E-state index in [1.807, 2.05) is 0 Å². The maximum absolute atomic E-state index is 2.42. The van der Waals surface area contributed by atoms with E-state index in [1.54, 1.807) is 0 Å². The lowest BCUT2D eigenvalue weighted by Gasteiger charge is -2.09. The highest BCUT2D eigenvalue weighted by Crippen LogP contribution is 2.34. The number of hydrogen-bond donors (Lipinski definition) is 0. The average molecular weight is 281 g/mol. The van der Waals surface area contributed by atoms with E-state index >= 15 is 0 Å². The zero-order valence-corrected chi connectivity index (χ0v) is 12.6. The van der Waals surface area contributed by atoms with Gasteiger partial charge in [-0.1, -0.05) is 6.92 Å². The van der Waals surface area contributed by atoms with Gasteiger partial charge in [-0.15, -0.1) is 0 Å². The van der Waals surface area contributed by atoms with Crippen molar-refractivity contribution in [1.29, 1.82) is 0 Å². The standard InChI is InChI=1S/C11H20S4/c1-9(4-13-6-11-8-15-11)2-3-12-5-10-7-14-10/h9-11H,2-8H2,1H3. The number of hydrogen-bond acceptors (Lipinski definition) is 4. The quantitative estimate of drug-likeness (QED) is 0.466. The van der Waals surface area contributed by atoms with Crippen LogP contribution >= 0.6 is 47.0 Å². The van der Waals surface area contributed by atoms with Crippen molar-refractivity contribution in [1.82, 2.24) is 0 Å². The van der Waals surface area contributed by atoms with E-state index in [2.05, 4.69) is 54.0 Å². The zero-order valence-electron chi connectivity index (χ0n) is 9.31. The molecule has 0 aromatic carbocycles. The van der Waals surface area contributed by atoms with Gasteiger partial charge in [0.2, 0.25) is 0 Å². The van der Waals surface area contributed by atoms with Crippen LogP contribution in [0.4, 0.5) is 0 Å². The van der Waals surface area contributed by atoms with Crippen LogP contribution < -0.4 is 0 Å². The van der Waals surface area contributed by atoms with Gasteiger partial charge in [-0.05, 0) is 23.8 Å². The molecular weight excluding hydrogens is 260 g/mol. The average Bonchev–Trinajstić information content (AvgIpc) is 3.06. The first-order valence-corrected chi connectivity index (χ1v) is 10.1. The van der Waals surface area contributed by atoms with Crippen molar-refractivity contribution in [2.45, 2.75) is 23.8 Å². The third kappa shape index (κ3) is 6.64. The molecule has 15 heavy (non-hydrogen) atoms. The molecule has 2 heterocycles. The molecule has 0 bridgehead atoms. The Bertz CT molecular complexity index is 177. The molecule has 0 amide bonds. The fourth-order valence-electron chi connectivity index (χ4n) is 1.31. The second kappa shape index (κ2) is 6.97. The van der Waals surface area contributed by atoms with Crippen LogP contribution in [0.15, 0.2) is 0 Å². The van der Waals surface area contributed by atoms with Crippen LogP contribution in [0.5, 0.6) is 0 Å². The summed E-state index contributed by atoms with van der Waals surface area (Å²) in [5.74, 6) is 9.36. The van der Waals surface area contributed by atoms with Crippen molar-refractivity contribution in [2.24, 2.45) is 5.92 Å². The molecule has 88 valence electrons. The molecule has 0 nitrogen and oxygen atoms in total. The van der Waals surface area contributed by atoms with Crippen molar-refractivity contribution in [3.63, 3.8) is 0 Å². The summed E-state index contributed by atoms with van der Waals surface area (Å²) in [6.45, 7) is 2.42. The first-order chi connectivity index (χ1) is 7.34. The molecule has 2 saturated heterocycles. The first-order valence-electron chi connectivity index (χ1n) is 5.73. The van der Waals surface area contributed by atoms with Gasteiger partial charge in [0.15, 0.2) is 0 Å². The Morgan fingerprint density at radius 3 is 2.33 bits per heavy atom. The zero-order chi connectivity index (χ0) is 10.5. The molecule has 2 fully saturated rings. The fourth-order valence-corrected chi connectivity index (χ4v) is 5.67. The highest BCUT2D eigenvalue weighted by Gasteiger charge is 2.22. The minimum absolute atomic E-state index is 0.929. The molecule has 0 aromatic rings. The second-order valence-electron chi connectivity index (χ2n) is 4.42. The van der Waals surface area contributed by atoms with Gasteiger partial charge < -0.3 is 0 Å². The summed E-state index contributed by atoms with van der Waals surface area (Å²) in [4.78, 5) is 0. The Labute approximate surface area is 111 Å². The Morgan fingerprint density at radius 1 is 1.13 bits per heavy atom. The van der Waals surface area contributed by atoms with Crippen LogP contribution in [0.25, 0.3) is 0 Å². The first kappa shape index (κ1) is 12.8. The fraction of sp³-hybridized carbons (Fsp3) is 1.00. The van der Waals surface area contributed by atoms with Gasteiger partial charge in [-0.25, -0.2) is 0 Å². The molecule has 0 spiro atoms. The van der Waals surface area contributed by atoms with Crippen LogP contribution in [0.3, 0.4) is 0 Å². The minimum atomic E-state index is 0.929. The molecule has 4 heteroatoms. The van der Waals surface area contributed by atoms with Gasteiger partial charge in [-0.3, -0.25) is 0 Å². The van der Waals surface area contributed by atoms with Crippen LogP contribution in [0.1, 0.15) is 13.3 Å². The molecule has 0 aliphatic carbocycles. The van der Waals surface area contributed by atoms with E-state index in [0.29, 0.717) is 0 Å². The van der Waals surface area contributed by atoms with E-state index in [-0.39, 0.29) is 0 Å². The summed E-state index contributed by atoms with van der Waals surface area (Å²) >= 11 is 8.59. The van der Waals surface area contributed by atoms with E-state index in [9.17, 15) is 0 Å². The van der Waals surface area contributed by atoms with Crippen molar-refractivity contribution in [2.75, 3.05) is 34.5 Å². The van der Waals surface area contributed by atoms with Gasteiger partial charge in [0.05, 0.1) is 0 Å². The van der Waals surface area contributed by atoms with E-state index in [0.717, 1.165) is 16.4 Å². The molecule has 0 aromatic heterocycles. The van der Waals surface area contributed by atoms with Crippen LogP contribution in [0, 0.1) is 5.92 Å². The van der Waals surface area contributed by atoms with Crippen LogP contribution in [-0.2, 0) is 0 Å². The molecule has 2 aliphatic rings. The molecular formula is C11H20S4. The smallest absolute Gasteiger partial charge is 0.0229 e. The summed E-state index contributed by atoms with van der Waals surface area (Å²) in [7, 11) is 0. The van der Waals surface area contributed by atoms with Crippen molar-refractivity contribution < 1.29 is 0 Å². The lowest BCUT2D eigenvalue weighted by atomic mass is 10.2. The predicted octanol–water partition coefficient (Wildman–Crippen LogP) is 3.71. The van der Waals surface area contributed by atoms with Gasteiger partial charge >= 0.3 is 0 Å². The summed E-state index contributed by atoms with van der Waals surface area (Å²) in [5.41, 5.74) is 0. The maximum Gasteiger partial charge on any atom is 0.0229 e. The summed E-state index contributed by atoms with van der Waals surface area (Å²) in [6, 6.07) is 0. The highest BCUT2D eigenvalue weighted by molar-refractivity contribution is 8.09. The van der Waals surface area contributed by atoms with Gasteiger partial charge in [-0.2, -0.15) is 47.0 Å². The summed E-state index contributed by atoms with van der Waals surface area (Å²) < 4.78 is 0. The second-order valence-corrected chi connectivity index (χ2v) is 9.31. The van der Waals surface area contributed by atoms with Crippen LogP contribution in [0.2, 0.25) is 0 Å². The molecule has 0 saturated carbocycles. The molecule has 2 rings (SSSR count). The Balaban J connectivity index is 1.35. The van der Waals surface area contributed by atoms with Crippen molar-refractivity contribution in [3.05, 3.63) is 0 Å². The lowest BCUT2D eigenvalue weighted by molar-refractivity contribution is 0.643. The van der Waals surface area contributed by atoms with E-state index in [4.69, 9.17) is 0 Å². The Morgan fingerprint density at radius 2 is 1.73 bits per heavy atom. The summed E-state index contributed by atoms with van der Waals surface area (Å²) in [6.07, 6.45) is 1.42. The monoisotopic (exact) mass is 280 g/mol. The highest BCUT2D eigenvalue weighted by atomic mass is 32.2. The predicted molar refractivity (Wildman–Crippen MR) is 80.9 cm³/mol. The lowest BCUT2D eigenvalue weighted by Crippen LogP contribution is -2.03. The SMILES string of the molecule is CC(CCSCC1CS1)CSCC1CS1. The topological polar surface area (TPSA) is 0 Å². The van der Waals surface area contributed by atoms with Gasteiger partial charge in [0.1, 0.15) is 0 Å². The summed E-state index contributed by atoms with van der Waals surface area (Å²) in [5, 5.41) is 2.04. The number of thioether (sulfide) groups is 4. The maximum atomic E-state index is 2.42. The van der Waals surface area contributed by atoms with Gasteiger partial charge in [0.25, 0.3) is 0 Å². The van der Waals surface area contributed by atoms with Gasteiger partial charge in [0, 0.05) is 33.5 Å². The van der Waals surface area contributed by atoms with Crippen molar-refractivity contribution in [3.8, 4) is 0 Å². The van der Waals surface area contributed by atoms with E-state index in [1.165, 1.54) is 40.9 Å². The molecule has 3 unspecified atom stereocenters. The molecule has 2 aliphatic heterocycles. The normalized spacial score (nSPS) is 30.2. The third-order valence-corrected chi connectivity index (χ3v) is 7.54. The van der Waals surface area contributed by atoms with E-state index < -0.39 is 0 Å². The number of rotatable bonds is 9. The Hall–Kier alpha value is 1.40. The van der Waals surface area contributed by atoms with Crippen LogP contribution in [-0.4, -0.2) is 45.0 Å². The molecule has 0 N–H and O–H groups in total.